The molecular formula is C55H36N4O. The van der Waals surface area contributed by atoms with Crippen molar-refractivity contribution in [1.29, 1.82) is 0 Å². The molecule has 9 aromatic rings. The SMILES string of the molecule is C1=C2Oc3ccc(-c4nc(-c5ccccc5)nc(-c5ccc(-c6ccccc6)cc5)n4)cc3C3(C2=CC(c2cccc4cccnc24)C1)c1ccccc1-c1ccccc13. The number of rotatable bonds is 5. The van der Waals surface area contributed by atoms with Crippen molar-refractivity contribution in [2.24, 2.45) is 0 Å². The summed E-state index contributed by atoms with van der Waals surface area (Å²) in [5.74, 6) is 3.66. The average molecular weight is 769 g/mol. The maximum atomic E-state index is 6.97. The molecule has 0 N–H and O–H groups in total. The molecule has 282 valence electrons. The molecule has 7 aromatic carbocycles. The highest BCUT2D eigenvalue weighted by Crippen LogP contribution is 2.63. The van der Waals surface area contributed by atoms with E-state index in [-0.39, 0.29) is 5.92 Å². The molecule has 0 saturated heterocycles. The van der Waals surface area contributed by atoms with Crippen molar-refractivity contribution in [2.45, 2.75) is 17.8 Å². The Bertz CT molecular complexity index is 3160. The van der Waals surface area contributed by atoms with E-state index in [4.69, 9.17) is 24.7 Å². The van der Waals surface area contributed by atoms with Crippen LogP contribution in [0.5, 0.6) is 5.75 Å². The summed E-state index contributed by atoms with van der Waals surface area (Å²) in [4.78, 5) is 20.3. The zero-order valence-electron chi connectivity index (χ0n) is 32.5. The summed E-state index contributed by atoms with van der Waals surface area (Å²) in [7, 11) is 0. The van der Waals surface area contributed by atoms with Gasteiger partial charge in [-0.3, -0.25) is 4.98 Å². The third-order valence-electron chi connectivity index (χ3n) is 12.4. The average Bonchev–Trinajstić information content (AvgIpc) is 3.62. The van der Waals surface area contributed by atoms with Crippen LogP contribution in [0.15, 0.2) is 212 Å². The van der Waals surface area contributed by atoms with E-state index in [1.54, 1.807) is 0 Å². The summed E-state index contributed by atoms with van der Waals surface area (Å²) in [6.45, 7) is 0. The standard InChI is InChI=1S/C55H36N4O/c1-3-13-35(14-4-1)36-24-26-39(27-25-36)53-57-52(38-15-5-2-6-16-38)58-54(59-53)41-29-31-50-48(34-41)55(45-22-9-7-19-43(45)44-20-8-10-23-46(44)55)47-33-40(28-30-49(47)60-50)42-21-11-17-37-18-12-32-56-51(37)42/h1-27,29-34,40H,28H2. The van der Waals surface area contributed by atoms with Gasteiger partial charge >= 0.3 is 0 Å². The number of allylic oxidation sites excluding steroid dienone is 3. The minimum Gasteiger partial charge on any atom is -0.457 e. The topological polar surface area (TPSA) is 60.8 Å². The van der Waals surface area contributed by atoms with Gasteiger partial charge in [-0.15, -0.1) is 0 Å². The van der Waals surface area contributed by atoms with Crippen LogP contribution in [0.25, 0.3) is 67.3 Å². The van der Waals surface area contributed by atoms with Gasteiger partial charge in [-0.1, -0.05) is 164 Å². The fourth-order valence-electron chi connectivity index (χ4n) is 9.67. The van der Waals surface area contributed by atoms with Crippen LogP contribution < -0.4 is 4.74 Å². The Kier molecular flexibility index (Phi) is 7.82. The molecule has 5 heteroatoms. The molecular weight excluding hydrogens is 733 g/mol. The van der Waals surface area contributed by atoms with E-state index in [1.807, 2.05) is 36.5 Å². The van der Waals surface area contributed by atoms with E-state index < -0.39 is 5.41 Å². The highest BCUT2D eigenvalue weighted by Gasteiger charge is 2.53. The van der Waals surface area contributed by atoms with E-state index in [2.05, 4.69) is 164 Å². The number of pyridine rings is 1. The summed E-state index contributed by atoms with van der Waals surface area (Å²) < 4.78 is 6.97. The maximum absolute atomic E-state index is 6.97. The minimum absolute atomic E-state index is 0.0975. The molecule has 2 aromatic heterocycles. The second kappa shape index (κ2) is 13.7. The minimum atomic E-state index is -0.662. The highest BCUT2D eigenvalue weighted by atomic mass is 16.5. The second-order valence-corrected chi connectivity index (χ2v) is 15.7. The maximum Gasteiger partial charge on any atom is 0.164 e. The van der Waals surface area contributed by atoms with E-state index in [9.17, 15) is 0 Å². The van der Waals surface area contributed by atoms with Crippen molar-refractivity contribution >= 4 is 10.9 Å². The Morgan fingerprint density at radius 3 is 1.77 bits per heavy atom. The molecule has 2 aliphatic carbocycles. The number of fused-ring (bicyclic) bond motifs is 10. The van der Waals surface area contributed by atoms with E-state index in [0.717, 1.165) is 67.8 Å². The van der Waals surface area contributed by atoms with Crippen LogP contribution in [0.1, 0.15) is 34.6 Å². The van der Waals surface area contributed by atoms with Crippen LogP contribution in [0.4, 0.5) is 0 Å². The fourth-order valence-corrected chi connectivity index (χ4v) is 9.67. The molecule has 0 radical (unpaired) electrons. The van der Waals surface area contributed by atoms with Gasteiger partial charge in [-0.2, -0.15) is 0 Å². The normalized spacial score (nSPS) is 15.6. The summed E-state index contributed by atoms with van der Waals surface area (Å²) >= 11 is 0. The van der Waals surface area contributed by atoms with Crippen LogP contribution in [0.2, 0.25) is 0 Å². The molecule has 0 bridgehead atoms. The molecule has 60 heavy (non-hydrogen) atoms. The largest absolute Gasteiger partial charge is 0.457 e. The summed E-state index contributed by atoms with van der Waals surface area (Å²) in [6.07, 6.45) is 7.45. The first-order valence-corrected chi connectivity index (χ1v) is 20.5. The van der Waals surface area contributed by atoms with Gasteiger partial charge in [0.15, 0.2) is 17.5 Å². The number of ether oxygens (including phenoxy) is 1. The van der Waals surface area contributed by atoms with E-state index in [1.165, 1.54) is 27.8 Å². The monoisotopic (exact) mass is 768 g/mol. The van der Waals surface area contributed by atoms with Crippen molar-refractivity contribution in [1.82, 2.24) is 19.9 Å². The van der Waals surface area contributed by atoms with Crippen LogP contribution in [0.3, 0.4) is 0 Å². The van der Waals surface area contributed by atoms with Gasteiger partial charge in [0, 0.05) is 45.3 Å². The third-order valence-corrected chi connectivity index (χ3v) is 12.4. The molecule has 0 fully saturated rings. The van der Waals surface area contributed by atoms with Crippen molar-refractivity contribution < 1.29 is 4.74 Å². The Hall–Kier alpha value is -7.76. The lowest BCUT2D eigenvalue weighted by Gasteiger charge is -2.43. The van der Waals surface area contributed by atoms with Crippen LogP contribution in [0, 0.1) is 0 Å². The smallest absolute Gasteiger partial charge is 0.164 e. The summed E-state index contributed by atoms with van der Waals surface area (Å²) in [6, 6.07) is 63.9. The Balaban J connectivity index is 1.07. The van der Waals surface area contributed by atoms with Crippen molar-refractivity contribution in [3.05, 3.63) is 234 Å². The summed E-state index contributed by atoms with van der Waals surface area (Å²) in [5, 5.41) is 1.14. The molecule has 1 atom stereocenters. The fraction of sp³-hybridized carbons (Fsp3) is 0.0545. The van der Waals surface area contributed by atoms with Gasteiger partial charge in [-0.25, -0.2) is 15.0 Å². The first kappa shape index (κ1) is 34.3. The van der Waals surface area contributed by atoms with Gasteiger partial charge < -0.3 is 4.74 Å². The molecule has 3 heterocycles. The van der Waals surface area contributed by atoms with Crippen LogP contribution in [-0.2, 0) is 5.41 Å². The van der Waals surface area contributed by atoms with Gasteiger partial charge in [0.2, 0.25) is 0 Å². The number of hydrogen-bond donors (Lipinski definition) is 0. The number of hydrogen-bond acceptors (Lipinski definition) is 5. The molecule has 0 amide bonds. The Morgan fingerprint density at radius 2 is 1.05 bits per heavy atom. The second-order valence-electron chi connectivity index (χ2n) is 15.7. The van der Waals surface area contributed by atoms with Gasteiger partial charge in [0.05, 0.1) is 10.9 Å². The van der Waals surface area contributed by atoms with E-state index in [0.29, 0.717) is 17.5 Å². The molecule has 5 nitrogen and oxygen atoms in total. The molecule has 3 aliphatic rings. The van der Waals surface area contributed by atoms with Gasteiger partial charge in [0.25, 0.3) is 0 Å². The first-order chi connectivity index (χ1) is 29.7. The van der Waals surface area contributed by atoms with Gasteiger partial charge in [-0.05, 0) is 75.7 Å². The summed E-state index contributed by atoms with van der Waals surface area (Å²) in [5.41, 5.74) is 13.8. The number of benzene rings is 7. The number of para-hydroxylation sites is 1. The first-order valence-electron chi connectivity index (χ1n) is 20.5. The lowest BCUT2D eigenvalue weighted by atomic mass is 9.63. The number of nitrogens with zero attached hydrogens (tertiary/aromatic N) is 4. The third kappa shape index (κ3) is 5.33. The predicted octanol–water partition coefficient (Wildman–Crippen LogP) is 12.8. The van der Waals surface area contributed by atoms with E-state index >= 15 is 0 Å². The van der Waals surface area contributed by atoms with Crippen LogP contribution >= 0.6 is 0 Å². The predicted molar refractivity (Wildman–Crippen MR) is 239 cm³/mol. The van der Waals surface area contributed by atoms with Crippen LogP contribution in [-0.4, -0.2) is 19.9 Å². The lowest BCUT2D eigenvalue weighted by Crippen LogP contribution is -2.36. The molecule has 1 unspecified atom stereocenters. The molecule has 0 saturated carbocycles. The quantitative estimate of drug-likeness (QED) is 0.174. The van der Waals surface area contributed by atoms with Crippen molar-refractivity contribution in [2.75, 3.05) is 0 Å². The van der Waals surface area contributed by atoms with Crippen molar-refractivity contribution in [3.8, 4) is 62.2 Å². The van der Waals surface area contributed by atoms with Crippen molar-refractivity contribution in [3.63, 3.8) is 0 Å². The molecule has 12 rings (SSSR count). The number of aromatic nitrogens is 4. The van der Waals surface area contributed by atoms with Gasteiger partial charge in [0.1, 0.15) is 11.5 Å². The Morgan fingerprint density at radius 1 is 0.483 bits per heavy atom. The zero-order chi connectivity index (χ0) is 39.6. The lowest BCUT2D eigenvalue weighted by molar-refractivity contribution is 0.381. The molecule has 1 spiro atoms. The highest BCUT2D eigenvalue weighted by molar-refractivity contribution is 5.90. The zero-order valence-corrected chi connectivity index (χ0v) is 32.5. The molecule has 1 aliphatic heterocycles. The Labute approximate surface area is 348 Å².